The van der Waals surface area contributed by atoms with E-state index in [1.54, 1.807) is 24.3 Å². The number of carbonyl (C=O) groups excluding carboxylic acids is 1. The molecule has 35 heavy (non-hydrogen) atoms. The summed E-state index contributed by atoms with van der Waals surface area (Å²) in [6, 6.07) is 14.7. The molecule has 8 nitrogen and oxygen atoms in total. The summed E-state index contributed by atoms with van der Waals surface area (Å²) in [7, 11) is 0. The van der Waals surface area contributed by atoms with Crippen LogP contribution in [-0.2, 0) is 24.3 Å². The van der Waals surface area contributed by atoms with Crippen LogP contribution in [0.15, 0.2) is 54.6 Å². The van der Waals surface area contributed by atoms with Crippen molar-refractivity contribution in [1.82, 2.24) is 25.0 Å². The lowest BCUT2D eigenvalue weighted by atomic mass is 10.2. The number of halogens is 3. The number of rotatable bonds is 8. The zero-order valence-electron chi connectivity index (χ0n) is 19.2. The first kappa shape index (κ1) is 24.5. The number of fused-ring (bicyclic) bond motifs is 1. The summed E-state index contributed by atoms with van der Waals surface area (Å²) in [5.41, 5.74) is 0.886. The van der Waals surface area contributed by atoms with Gasteiger partial charge in [-0.05, 0) is 36.8 Å². The van der Waals surface area contributed by atoms with Crippen molar-refractivity contribution in [2.75, 3.05) is 19.7 Å². The van der Waals surface area contributed by atoms with Crippen LogP contribution in [0.2, 0.25) is 0 Å². The first-order valence-electron chi connectivity index (χ1n) is 11.2. The minimum Gasteiger partial charge on any atom is -0.484 e. The van der Waals surface area contributed by atoms with E-state index in [4.69, 9.17) is 4.74 Å². The Bertz CT molecular complexity index is 1120. The predicted molar refractivity (Wildman–Crippen MR) is 121 cm³/mol. The molecular formula is C24H26F3N5O3. The van der Waals surface area contributed by atoms with Crippen molar-refractivity contribution in [1.29, 1.82) is 0 Å². The van der Waals surface area contributed by atoms with E-state index in [9.17, 15) is 18.0 Å². The van der Waals surface area contributed by atoms with Gasteiger partial charge in [0.15, 0.2) is 12.4 Å². The quantitative estimate of drug-likeness (QED) is 0.522. The van der Waals surface area contributed by atoms with Gasteiger partial charge in [0.05, 0.1) is 6.04 Å². The van der Waals surface area contributed by atoms with E-state index >= 15 is 0 Å². The highest BCUT2D eigenvalue weighted by atomic mass is 19.4. The number of alkyl halides is 3. The molecule has 11 heteroatoms. The molecule has 1 aliphatic rings. The Balaban J connectivity index is 1.30. The number of hydrogen-bond acceptors (Lipinski definition) is 6. The number of nitrogens with one attached hydrogen (secondary N) is 1. The summed E-state index contributed by atoms with van der Waals surface area (Å²) >= 11 is 0. The summed E-state index contributed by atoms with van der Waals surface area (Å²) in [4.78, 5) is 14.5. The number of ether oxygens (including phenoxy) is 2. The second-order valence-corrected chi connectivity index (χ2v) is 8.23. The highest BCUT2D eigenvalue weighted by molar-refractivity contribution is 5.77. The molecule has 0 fully saturated rings. The highest BCUT2D eigenvalue weighted by Crippen LogP contribution is 2.23. The van der Waals surface area contributed by atoms with Crippen LogP contribution >= 0.6 is 0 Å². The van der Waals surface area contributed by atoms with Crippen LogP contribution in [0.25, 0.3) is 0 Å². The number of para-hydroxylation sites is 1. The monoisotopic (exact) mass is 489 g/mol. The summed E-state index contributed by atoms with van der Waals surface area (Å²) in [5, 5.41) is 11.5. The first-order valence-corrected chi connectivity index (χ1v) is 11.2. The third-order valence-electron chi connectivity index (χ3n) is 5.59. The van der Waals surface area contributed by atoms with Gasteiger partial charge in [0, 0.05) is 32.6 Å². The molecule has 0 aliphatic carbocycles. The van der Waals surface area contributed by atoms with Crippen LogP contribution in [0.3, 0.4) is 0 Å². The molecule has 0 unspecified atom stereocenters. The van der Waals surface area contributed by atoms with E-state index in [0.717, 1.165) is 17.9 Å². The molecule has 3 aromatic rings. The first-order chi connectivity index (χ1) is 16.8. The third-order valence-corrected chi connectivity index (χ3v) is 5.59. The fourth-order valence-electron chi connectivity index (χ4n) is 3.94. The standard InChI is InChI=1S/C24H26F3N5O3/c1-17(28-22(33)16-34-19-5-3-2-4-6-19)23-30-29-21-11-12-31(13-14-32(21)23)15-18-7-9-20(10-8-18)35-24(25,26)27/h2-10,17H,11-16H2,1H3,(H,28,33)/t17-/m0/s1. The van der Waals surface area contributed by atoms with Gasteiger partial charge in [-0.2, -0.15) is 0 Å². The van der Waals surface area contributed by atoms with Crippen LogP contribution in [0.1, 0.15) is 30.2 Å². The maximum absolute atomic E-state index is 12.4. The zero-order chi connectivity index (χ0) is 24.8. The molecule has 2 heterocycles. The van der Waals surface area contributed by atoms with Gasteiger partial charge >= 0.3 is 6.36 Å². The minimum absolute atomic E-state index is 0.101. The van der Waals surface area contributed by atoms with Crippen molar-refractivity contribution >= 4 is 5.91 Å². The van der Waals surface area contributed by atoms with E-state index < -0.39 is 6.36 Å². The number of benzene rings is 2. The Labute approximate surface area is 200 Å². The summed E-state index contributed by atoms with van der Waals surface area (Å²) in [6.07, 6.45) is -4.04. The SMILES string of the molecule is C[C@H](NC(=O)COc1ccccc1)c1nnc2n1CCN(Cc1ccc(OC(F)(F)F)cc1)CC2. The number of nitrogens with zero attached hydrogens (tertiary/aromatic N) is 4. The van der Waals surface area contributed by atoms with Gasteiger partial charge < -0.3 is 19.4 Å². The van der Waals surface area contributed by atoms with Crippen LogP contribution in [0, 0.1) is 0 Å². The smallest absolute Gasteiger partial charge is 0.484 e. The minimum atomic E-state index is -4.70. The number of carbonyl (C=O) groups is 1. The molecule has 186 valence electrons. The molecule has 2 aromatic carbocycles. The summed E-state index contributed by atoms with van der Waals surface area (Å²) in [5.74, 6) is 1.63. The lowest BCUT2D eigenvalue weighted by Gasteiger charge is -2.20. The Morgan fingerprint density at radius 2 is 1.77 bits per heavy atom. The fraction of sp³-hybridized carbons (Fsp3) is 0.375. The second-order valence-electron chi connectivity index (χ2n) is 8.23. The Hall–Kier alpha value is -3.60. The third kappa shape index (κ3) is 6.95. The van der Waals surface area contributed by atoms with Crippen molar-refractivity contribution in [3.8, 4) is 11.5 Å². The van der Waals surface area contributed by atoms with Crippen molar-refractivity contribution < 1.29 is 27.4 Å². The van der Waals surface area contributed by atoms with Gasteiger partial charge in [0.1, 0.15) is 17.3 Å². The van der Waals surface area contributed by atoms with Gasteiger partial charge in [-0.25, -0.2) is 0 Å². The van der Waals surface area contributed by atoms with Crippen LogP contribution in [-0.4, -0.2) is 51.6 Å². The van der Waals surface area contributed by atoms with Gasteiger partial charge in [-0.1, -0.05) is 30.3 Å². The maximum atomic E-state index is 12.4. The Kier molecular flexibility index (Phi) is 7.54. The van der Waals surface area contributed by atoms with E-state index in [0.29, 0.717) is 37.6 Å². The molecule has 1 atom stereocenters. The largest absolute Gasteiger partial charge is 0.573 e. The normalized spacial score (nSPS) is 15.1. The average Bonchev–Trinajstić information content (AvgIpc) is 3.13. The molecule has 0 saturated heterocycles. The van der Waals surface area contributed by atoms with E-state index in [2.05, 4.69) is 25.2 Å². The molecule has 1 N–H and O–H groups in total. The van der Waals surface area contributed by atoms with E-state index in [1.165, 1.54) is 12.1 Å². The summed E-state index contributed by atoms with van der Waals surface area (Å²) < 4.78 is 48.5. The van der Waals surface area contributed by atoms with Gasteiger partial charge in [0.2, 0.25) is 0 Å². The lowest BCUT2D eigenvalue weighted by Crippen LogP contribution is -2.33. The van der Waals surface area contributed by atoms with Gasteiger partial charge in [-0.3, -0.25) is 9.69 Å². The van der Waals surface area contributed by atoms with E-state index in [-0.39, 0.29) is 24.3 Å². The molecule has 4 rings (SSSR count). The van der Waals surface area contributed by atoms with Crippen LogP contribution in [0.4, 0.5) is 13.2 Å². The second kappa shape index (κ2) is 10.8. The van der Waals surface area contributed by atoms with Crippen molar-refractivity contribution in [2.24, 2.45) is 0 Å². The van der Waals surface area contributed by atoms with Gasteiger partial charge in [-0.15, -0.1) is 23.4 Å². The molecule has 1 amide bonds. The highest BCUT2D eigenvalue weighted by Gasteiger charge is 2.31. The fourth-order valence-corrected chi connectivity index (χ4v) is 3.94. The Morgan fingerprint density at radius 3 is 2.49 bits per heavy atom. The summed E-state index contributed by atoms with van der Waals surface area (Å²) in [6.45, 7) is 4.40. The van der Waals surface area contributed by atoms with Crippen LogP contribution < -0.4 is 14.8 Å². The molecule has 0 bridgehead atoms. The number of amides is 1. The van der Waals surface area contributed by atoms with E-state index in [1.807, 2.05) is 29.7 Å². The Morgan fingerprint density at radius 1 is 1.03 bits per heavy atom. The predicted octanol–water partition coefficient (Wildman–Crippen LogP) is 3.49. The molecule has 1 aromatic heterocycles. The molecule has 0 radical (unpaired) electrons. The van der Waals surface area contributed by atoms with Crippen molar-refractivity contribution in [3.63, 3.8) is 0 Å². The average molecular weight is 489 g/mol. The topological polar surface area (TPSA) is 81.5 Å². The lowest BCUT2D eigenvalue weighted by molar-refractivity contribution is -0.274. The van der Waals surface area contributed by atoms with Gasteiger partial charge in [0.25, 0.3) is 5.91 Å². The molecule has 0 spiro atoms. The number of aromatic nitrogens is 3. The van der Waals surface area contributed by atoms with Crippen LogP contribution in [0.5, 0.6) is 11.5 Å². The molecular weight excluding hydrogens is 463 g/mol. The zero-order valence-corrected chi connectivity index (χ0v) is 19.2. The maximum Gasteiger partial charge on any atom is 0.573 e. The number of hydrogen-bond donors (Lipinski definition) is 1. The van der Waals surface area contributed by atoms with Crippen molar-refractivity contribution in [3.05, 3.63) is 71.8 Å². The molecule has 1 aliphatic heterocycles. The van der Waals surface area contributed by atoms with Crippen molar-refractivity contribution in [2.45, 2.75) is 38.8 Å². The molecule has 0 saturated carbocycles.